The van der Waals surface area contributed by atoms with Crippen LogP contribution in [-0.2, 0) is 4.43 Å². The molecule has 1 aliphatic rings. The van der Waals surface area contributed by atoms with Gasteiger partial charge in [-0.25, -0.2) is 4.99 Å². The van der Waals surface area contributed by atoms with Crippen LogP contribution in [0, 0.1) is 5.92 Å². The Morgan fingerprint density at radius 2 is 1.82 bits per heavy atom. The van der Waals surface area contributed by atoms with Crippen molar-refractivity contribution in [3.05, 3.63) is 0 Å². The second kappa shape index (κ2) is 7.15. The van der Waals surface area contributed by atoms with E-state index in [0.29, 0.717) is 5.75 Å². The lowest BCUT2D eigenvalue weighted by Gasteiger charge is -2.37. The normalized spacial score (nSPS) is 19.2. The van der Waals surface area contributed by atoms with Crippen molar-refractivity contribution < 1.29 is 17.6 Å². The first kappa shape index (κ1) is 19.9. The Morgan fingerprint density at radius 3 is 2.23 bits per heavy atom. The summed E-state index contributed by atoms with van der Waals surface area (Å²) < 4.78 is 45.1. The predicted molar refractivity (Wildman–Crippen MR) is 91.3 cm³/mol. The second-order valence-electron chi connectivity index (χ2n) is 7.62. The van der Waals surface area contributed by atoms with Crippen LogP contribution in [-0.4, -0.2) is 37.9 Å². The summed E-state index contributed by atoms with van der Waals surface area (Å²) in [4.78, 5) is 3.85. The quantitative estimate of drug-likeness (QED) is 0.356. The SMILES string of the molecule is C[C@H](CSCC1CC1)N=C(O[Si](C)(C)C(C)(C)C)C(F)(F)F. The van der Waals surface area contributed by atoms with Crippen molar-refractivity contribution in [2.24, 2.45) is 10.9 Å². The van der Waals surface area contributed by atoms with Crippen LogP contribution in [0.5, 0.6) is 0 Å². The molecule has 0 aromatic rings. The van der Waals surface area contributed by atoms with E-state index in [9.17, 15) is 13.2 Å². The molecule has 1 saturated carbocycles. The second-order valence-corrected chi connectivity index (χ2v) is 13.4. The zero-order chi connectivity index (χ0) is 17.2. The van der Waals surface area contributed by atoms with Crippen molar-refractivity contribution in [2.45, 2.75) is 70.9 Å². The Morgan fingerprint density at radius 1 is 1.27 bits per heavy atom. The van der Waals surface area contributed by atoms with Crippen LogP contribution in [0.3, 0.4) is 0 Å². The number of hydrogen-bond acceptors (Lipinski definition) is 3. The molecule has 0 amide bonds. The molecule has 0 N–H and O–H groups in total. The first-order valence-corrected chi connectivity index (χ1v) is 11.8. The number of thioether (sulfide) groups is 1. The van der Waals surface area contributed by atoms with Gasteiger partial charge in [0.1, 0.15) is 0 Å². The third kappa shape index (κ3) is 6.52. The smallest absolute Gasteiger partial charge is 0.466 e. The Labute approximate surface area is 137 Å². The molecule has 0 bridgehead atoms. The van der Waals surface area contributed by atoms with Crippen molar-refractivity contribution >= 4 is 26.0 Å². The Balaban J connectivity index is 2.72. The van der Waals surface area contributed by atoms with Gasteiger partial charge in [-0.05, 0) is 49.6 Å². The maximum Gasteiger partial charge on any atom is 0.466 e. The van der Waals surface area contributed by atoms with Crippen LogP contribution in [0.15, 0.2) is 4.99 Å². The van der Waals surface area contributed by atoms with Gasteiger partial charge in [-0.15, -0.1) is 0 Å². The molecule has 0 radical (unpaired) electrons. The summed E-state index contributed by atoms with van der Waals surface area (Å²) in [5.74, 6) is 1.37. The molecule has 0 aromatic heterocycles. The zero-order valence-corrected chi connectivity index (χ0v) is 16.2. The number of aliphatic imine (C=N–C) groups is 1. The topological polar surface area (TPSA) is 21.6 Å². The Hall–Kier alpha value is -0.173. The van der Waals surface area contributed by atoms with Gasteiger partial charge in [0.05, 0.1) is 6.04 Å². The van der Waals surface area contributed by atoms with Gasteiger partial charge in [-0.3, -0.25) is 0 Å². The molecular weight excluding hydrogens is 327 g/mol. The summed E-state index contributed by atoms with van der Waals surface area (Å²) in [5, 5.41) is -0.289. The molecule has 0 saturated heterocycles. The summed E-state index contributed by atoms with van der Waals surface area (Å²) in [6.07, 6.45) is -2.01. The highest BCUT2D eigenvalue weighted by Crippen LogP contribution is 2.38. The van der Waals surface area contributed by atoms with E-state index in [1.54, 1.807) is 31.8 Å². The lowest BCUT2D eigenvalue weighted by molar-refractivity contribution is -0.0722. The molecule has 1 atom stereocenters. The average Bonchev–Trinajstić information content (AvgIpc) is 3.09. The van der Waals surface area contributed by atoms with Gasteiger partial charge < -0.3 is 4.43 Å². The summed E-state index contributed by atoms with van der Waals surface area (Å²) in [7, 11) is -2.54. The molecule has 1 rings (SSSR count). The first-order valence-electron chi connectivity index (χ1n) is 7.74. The highest BCUT2D eigenvalue weighted by molar-refractivity contribution is 7.99. The zero-order valence-electron chi connectivity index (χ0n) is 14.4. The lowest BCUT2D eigenvalue weighted by atomic mass is 10.2. The third-order valence-corrected chi connectivity index (χ3v) is 9.89. The van der Waals surface area contributed by atoms with E-state index in [-0.39, 0.29) is 11.1 Å². The van der Waals surface area contributed by atoms with Gasteiger partial charge in [-0.2, -0.15) is 24.9 Å². The molecule has 7 heteroatoms. The highest BCUT2D eigenvalue weighted by atomic mass is 32.2. The molecule has 0 heterocycles. The lowest BCUT2D eigenvalue weighted by Crippen LogP contribution is -2.46. The van der Waals surface area contributed by atoms with Crippen molar-refractivity contribution in [1.29, 1.82) is 0 Å². The molecular formula is C15H28F3NOSSi. The number of nitrogens with zero attached hydrogens (tertiary/aromatic N) is 1. The van der Waals surface area contributed by atoms with Crippen LogP contribution in [0.2, 0.25) is 18.1 Å². The Bertz CT molecular complexity index is 401. The van der Waals surface area contributed by atoms with Gasteiger partial charge in [0.15, 0.2) is 0 Å². The van der Waals surface area contributed by atoms with E-state index in [4.69, 9.17) is 4.43 Å². The van der Waals surface area contributed by atoms with Crippen LogP contribution >= 0.6 is 11.8 Å². The average molecular weight is 356 g/mol. The number of rotatable bonds is 6. The fourth-order valence-corrected chi connectivity index (χ4v) is 3.66. The number of halogens is 3. The van der Waals surface area contributed by atoms with Crippen LogP contribution in [0.4, 0.5) is 13.2 Å². The van der Waals surface area contributed by atoms with E-state index in [1.807, 2.05) is 20.8 Å². The highest BCUT2D eigenvalue weighted by Gasteiger charge is 2.46. The molecule has 1 fully saturated rings. The largest absolute Gasteiger partial charge is 0.528 e. The van der Waals surface area contributed by atoms with E-state index < -0.39 is 20.4 Å². The van der Waals surface area contributed by atoms with Gasteiger partial charge in [-0.1, -0.05) is 20.8 Å². The van der Waals surface area contributed by atoms with Gasteiger partial charge in [0.2, 0.25) is 0 Å². The van der Waals surface area contributed by atoms with Gasteiger partial charge >= 0.3 is 6.18 Å². The van der Waals surface area contributed by atoms with Crippen LogP contribution in [0.25, 0.3) is 0 Å². The third-order valence-electron chi connectivity index (χ3n) is 4.15. The molecule has 22 heavy (non-hydrogen) atoms. The molecule has 0 aromatic carbocycles. The number of hydrogen-bond donors (Lipinski definition) is 0. The summed E-state index contributed by atoms with van der Waals surface area (Å²) in [5.41, 5.74) is 0. The minimum Gasteiger partial charge on any atom is -0.528 e. The van der Waals surface area contributed by atoms with Crippen LogP contribution in [0.1, 0.15) is 40.5 Å². The van der Waals surface area contributed by atoms with E-state index >= 15 is 0 Å². The summed E-state index contributed by atoms with van der Waals surface area (Å²) in [6, 6.07) is -0.384. The van der Waals surface area contributed by atoms with E-state index in [2.05, 4.69) is 4.99 Å². The molecule has 2 nitrogen and oxygen atoms in total. The van der Waals surface area contributed by atoms with Crippen molar-refractivity contribution in [3.63, 3.8) is 0 Å². The van der Waals surface area contributed by atoms with Crippen molar-refractivity contribution in [2.75, 3.05) is 11.5 Å². The van der Waals surface area contributed by atoms with Crippen molar-refractivity contribution in [1.82, 2.24) is 0 Å². The molecule has 130 valence electrons. The fourth-order valence-electron chi connectivity index (χ4n) is 1.48. The maximum absolute atomic E-state index is 13.2. The Kier molecular flexibility index (Phi) is 6.46. The van der Waals surface area contributed by atoms with Gasteiger partial charge in [0.25, 0.3) is 14.2 Å². The minimum atomic E-state index is -4.52. The fraction of sp³-hybridized carbons (Fsp3) is 0.933. The molecule has 1 aliphatic carbocycles. The standard InChI is InChI=1S/C15H28F3NOSSi/c1-11(9-21-10-12-7-8-12)19-13(15(16,17)18)20-22(5,6)14(2,3)4/h11-12H,7-10H2,1-6H3/t11-/m1/s1. The summed E-state index contributed by atoms with van der Waals surface area (Å²) >= 11 is 1.69. The summed E-state index contributed by atoms with van der Waals surface area (Å²) in [6.45, 7) is 11.1. The first-order chi connectivity index (χ1) is 9.83. The van der Waals surface area contributed by atoms with E-state index in [1.165, 1.54) is 12.8 Å². The number of alkyl halides is 3. The predicted octanol–water partition coefficient (Wildman–Crippen LogP) is 5.50. The molecule has 0 spiro atoms. The molecule has 0 aliphatic heterocycles. The van der Waals surface area contributed by atoms with Crippen molar-refractivity contribution in [3.8, 4) is 0 Å². The minimum absolute atomic E-state index is 0.289. The van der Waals surface area contributed by atoms with Crippen LogP contribution < -0.4 is 0 Å². The van der Waals surface area contributed by atoms with Gasteiger partial charge in [0, 0.05) is 5.75 Å². The molecule has 0 unspecified atom stereocenters. The van der Waals surface area contributed by atoms with E-state index in [0.717, 1.165) is 11.7 Å². The maximum atomic E-state index is 13.2. The monoisotopic (exact) mass is 355 g/mol.